The molecule has 4 rings (SSSR count). The van der Waals surface area contributed by atoms with Gasteiger partial charge >= 0.3 is 0 Å². The van der Waals surface area contributed by atoms with E-state index >= 15 is 0 Å². The Balaban J connectivity index is 1.44. The molecule has 5 heteroatoms. The fraction of sp³-hybridized carbons (Fsp3) is 0. The first kappa shape index (κ1) is 17.6. The molecule has 4 aromatic rings. The summed E-state index contributed by atoms with van der Waals surface area (Å²) in [6.07, 6.45) is 3.42. The van der Waals surface area contributed by atoms with Gasteiger partial charge in [-0.1, -0.05) is 57.6 Å². The number of para-hydroxylation sites is 1. The molecule has 0 unspecified atom stereocenters. The minimum Gasteiger partial charge on any atom is -0.332 e. The molecule has 1 aromatic heterocycles. The number of anilines is 2. The number of nitrogens with zero attached hydrogens (tertiary/aromatic N) is 1. The van der Waals surface area contributed by atoms with E-state index < -0.39 is 0 Å². The standard InChI is InChI=1S/C22H15BrN2OS/c23-17-10-5-15(6-11-17)7-14-20(26)16-8-12-18(13-9-16)24-22-25-19-3-1-2-4-21(19)27-22/h1-14H,(H,24,25)/b14-7+. The van der Waals surface area contributed by atoms with E-state index in [1.165, 1.54) is 0 Å². The molecule has 1 N–H and O–H groups in total. The molecule has 0 amide bonds. The van der Waals surface area contributed by atoms with Crippen LogP contribution in [-0.4, -0.2) is 10.8 Å². The van der Waals surface area contributed by atoms with Gasteiger partial charge in [-0.05, 0) is 60.2 Å². The first-order valence-corrected chi connectivity index (χ1v) is 9.99. The van der Waals surface area contributed by atoms with Crippen molar-refractivity contribution < 1.29 is 4.79 Å². The molecule has 0 aliphatic carbocycles. The van der Waals surface area contributed by atoms with Crippen LogP contribution in [0, 0.1) is 0 Å². The van der Waals surface area contributed by atoms with Crippen LogP contribution in [-0.2, 0) is 0 Å². The second-order valence-electron chi connectivity index (χ2n) is 5.94. The number of rotatable bonds is 5. The number of carbonyl (C=O) groups is 1. The predicted molar refractivity (Wildman–Crippen MR) is 117 cm³/mol. The highest BCUT2D eigenvalue weighted by molar-refractivity contribution is 9.10. The van der Waals surface area contributed by atoms with Crippen molar-refractivity contribution in [3.63, 3.8) is 0 Å². The van der Waals surface area contributed by atoms with Crippen LogP contribution >= 0.6 is 27.3 Å². The number of halogens is 1. The summed E-state index contributed by atoms with van der Waals surface area (Å²) in [4.78, 5) is 16.9. The molecule has 0 aliphatic heterocycles. The number of nitrogens with one attached hydrogen (secondary N) is 1. The molecule has 0 spiro atoms. The van der Waals surface area contributed by atoms with Crippen molar-refractivity contribution in [2.24, 2.45) is 0 Å². The maximum atomic E-state index is 12.3. The molecule has 3 nitrogen and oxygen atoms in total. The second-order valence-corrected chi connectivity index (χ2v) is 7.88. The van der Waals surface area contributed by atoms with Gasteiger partial charge in [-0.2, -0.15) is 0 Å². The minimum absolute atomic E-state index is 0.0237. The number of fused-ring (bicyclic) bond motifs is 1. The number of carbonyl (C=O) groups excluding carboxylic acids is 1. The fourth-order valence-electron chi connectivity index (χ4n) is 2.61. The Morgan fingerprint density at radius 3 is 2.44 bits per heavy atom. The number of benzene rings is 3. The zero-order valence-corrected chi connectivity index (χ0v) is 16.6. The second kappa shape index (κ2) is 7.86. The summed E-state index contributed by atoms with van der Waals surface area (Å²) >= 11 is 5.01. The summed E-state index contributed by atoms with van der Waals surface area (Å²) < 4.78 is 2.16. The van der Waals surface area contributed by atoms with E-state index in [1.54, 1.807) is 17.4 Å². The SMILES string of the molecule is O=C(/C=C/c1ccc(Br)cc1)c1ccc(Nc2nc3ccccc3s2)cc1. The van der Waals surface area contributed by atoms with E-state index in [-0.39, 0.29) is 5.78 Å². The lowest BCUT2D eigenvalue weighted by atomic mass is 10.1. The molecule has 0 bridgehead atoms. The van der Waals surface area contributed by atoms with Crippen LogP contribution < -0.4 is 5.32 Å². The lowest BCUT2D eigenvalue weighted by molar-refractivity contribution is 0.104. The smallest absolute Gasteiger partial charge is 0.188 e. The number of hydrogen-bond donors (Lipinski definition) is 1. The van der Waals surface area contributed by atoms with Crippen molar-refractivity contribution in [1.82, 2.24) is 4.98 Å². The maximum Gasteiger partial charge on any atom is 0.188 e. The van der Waals surface area contributed by atoms with Crippen LogP contribution in [0.5, 0.6) is 0 Å². The van der Waals surface area contributed by atoms with Gasteiger partial charge < -0.3 is 5.32 Å². The van der Waals surface area contributed by atoms with Gasteiger partial charge in [0.2, 0.25) is 0 Å². The average Bonchev–Trinajstić information content (AvgIpc) is 3.10. The van der Waals surface area contributed by atoms with E-state index in [4.69, 9.17) is 0 Å². The number of allylic oxidation sites excluding steroid dienone is 1. The van der Waals surface area contributed by atoms with Gasteiger partial charge in [-0.15, -0.1) is 0 Å². The molecule has 3 aromatic carbocycles. The highest BCUT2D eigenvalue weighted by Gasteiger charge is 2.05. The lowest BCUT2D eigenvalue weighted by Crippen LogP contribution is -1.95. The fourth-order valence-corrected chi connectivity index (χ4v) is 3.76. The highest BCUT2D eigenvalue weighted by Crippen LogP contribution is 2.28. The maximum absolute atomic E-state index is 12.3. The molecule has 27 heavy (non-hydrogen) atoms. The minimum atomic E-state index is -0.0237. The molecule has 0 aliphatic rings. The Hall–Kier alpha value is -2.76. The first-order chi connectivity index (χ1) is 13.2. The van der Waals surface area contributed by atoms with E-state index in [9.17, 15) is 4.79 Å². The molecule has 132 valence electrons. The summed E-state index contributed by atoms with van der Waals surface area (Å²) in [6, 6.07) is 23.3. The third kappa shape index (κ3) is 4.32. The predicted octanol–water partition coefficient (Wildman–Crippen LogP) is 6.70. The topological polar surface area (TPSA) is 42.0 Å². The van der Waals surface area contributed by atoms with Crippen LogP contribution in [0.2, 0.25) is 0 Å². The molecule has 1 heterocycles. The van der Waals surface area contributed by atoms with E-state index in [0.717, 1.165) is 31.1 Å². The van der Waals surface area contributed by atoms with E-state index in [2.05, 4.69) is 32.3 Å². The van der Waals surface area contributed by atoms with Gasteiger partial charge in [0.25, 0.3) is 0 Å². The molecular weight excluding hydrogens is 420 g/mol. The summed E-state index contributed by atoms with van der Waals surface area (Å²) in [6.45, 7) is 0. The van der Waals surface area contributed by atoms with Gasteiger partial charge in [-0.25, -0.2) is 4.98 Å². The molecule has 0 radical (unpaired) electrons. The number of hydrogen-bond acceptors (Lipinski definition) is 4. The van der Waals surface area contributed by atoms with Crippen LogP contribution in [0.25, 0.3) is 16.3 Å². The van der Waals surface area contributed by atoms with Gasteiger partial charge in [0.15, 0.2) is 10.9 Å². The van der Waals surface area contributed by atoms with Crippen molar-refractivity contribution >= 4 is 60.2 Å². The van der Waals surface area contributed by atoms with Gasteiger partial charge in [0.1, 0.15) is 0 Å². The number of aromatic nitrogens is 1. The largest absolute Gasteiger partial charge is 0.332 e. The van der Waals surface area contributed by atoms with Crippen molar-refractivity contribution in [2.75, 3.05) is 5.32 Å². The first-order valence-electron chi connectivity index (χ1n) is 8.38. The molecule has 0 saturated heterocycles. The van der Waals surface area contributed by atoms with E-state index in [0.29, 0.717) is 5.56 Å². The molecule has 0 fully saturated rings. The number of ketones is 1. The Bertz CT molecular complexity index is 1080. The summed E-state index contributed by atoms with van der Waals surface area (Å²) in [7, 11) is 0. The average molecular weight is 435 g/mol. The van der Waals surface area contributed by atoms with Crippen molar-refractivity contribution in [3.05, 3.63) is 94.5 Å². The zero-order valence-electron chi connectivity index (χ0n) is 14.2. The Morgan fingerprint density at radius 2 is 1.70 bits per heavy atom. The van der Waals surface area contributed by atoms with Crippen LogP contribution in [0.3, 0.4) is 0 Å². The molecule has 0 saturated carbocycles. The summed E-state index contributed by atoms with van der Waals surface area (Å²) in [5.74, 6) is -0.0237. The molecule has 0 atom stereocenters. The van der Waals surface area contributed by atoms with Gasteiger partial charge in [0, 0.05) is 15.7 Å². The summed E-state index contributed by atoms with van der Waals surface area (Å²) in [5, 5.41) is 4.13. The highest BCUT2D eigenvalue weighted by atomic mass is 79.9. The van der Waals surface area contributed by atoms with Crippen molar-refractivity contribution in [3.8, 4) is 0 Å². The molecular formula is C22H15BrN2OS. The van der Waals surface area contributed by atoms with Gasteiger partial charge in [0.05, 0.1) is 10.2 Å². The Kier molecular flexibility index (Phi) is 5.14. The number of thiazole rings is 1. The normalized spacial score (nSPS) is 11.1. The summed E-state index contributed by atoms with van der Waals surface area (Å²) in [5.41, 5.74) is 3.52. The monoisotopic (exact) mass is 434 g/mol. The van der Waals surface area contributed by atoms with Gasteiger partial charge in [-0.3, -0.25) is 4.79 Å². The van der Waals surface area contributed by atoms with Crippen molar-refractivity contribution in [2.45, 2.75) is 0 Å². The van der Waals surface area contributed by atoms with Crippen LogP contribution in [0.1, 0.15) is 15.9 Å². The third-order valence-electron chi connectivity index (χ3n) is 4.01. The van der Waals surface area contributed by atoms with E-state index in [1.807, 2.05) is 72.8 Å². The Labute approximate surface area is 169 Å². The quantitative estimate of drug-likeness (QED) is 0.280. The van der Waals surface area contributed by atoms with Crippen LogP contribution in [0.15, 0.2) is 83.3 Å². The van der Waals surface area contributed by atoms with Crippen LogP contribution in [0.4, 0.5) is 10.8 Å². The third-order valence-corrected chi connectivity index (χ3v) is 5.49. The Morgan fingerprint density at radius 1 is 0.963 bits per heavy atom. The van der Waals surface area contributed by atoms with Crippen molar-refractivity contribution in [1.29, 1.82) is 0 Å². The lowest BCUT2D eigenvalue weighted by Gasteiger charge is -2.03. The zero-order chi connectivity index (χ0) is 18.6.